The maximum Gasteiger partial charge on any atom is 0.407 e. The zero-order valence-corrected chi connectivity index (χ0v) is 16.0. The lowest BCUT2D eigenvalue weighted by atomic mass is 10.1. The van der Waals surface area contributed by atoms with Crippen LogP contribution in [0.2, 0.25) is 0 Å². The molecule has 6 nitrogen and oxygen atoms in total. The molecule has 0 bridgehead atoms. The molecule has 0 aliphatic rings. The number of amides is 1. The van der Waals surface area contributed by atoms with E-state index in [-0.39, 0.29) is 19.6 Å². The number of hydrogen-bond acceptors (Lipinski definition) is 4. The Bertz CT molecular complexity index is 437. The lowest BCUT2D eigenvalue weighted by molar-refractivity contribution is -0.166. The fraction of sp³-hybridized carbons (Fsp3) is 0.882. The lowest BCUT2D eigenvalue weighted by Crippen LogP contribution is -2.47. The van der Waals surface area contributed by atoms with Gasteiger partial charge in [0.25, 0.3) is 0 Å². The minimum absolute atomic E-state index is 0.00157. The van der Waals surface area contributed by atoms with Crippen molar-refractivity contribution in [2.75, 3.05) is 19.6 Å². The van der Waals surface area contributed by atoms with E-state index < -0.39 is 36.3 Å². The van der Waals surface area contributed by atoms with Crippen LogP contribution in [-0.4, -0.2) is 59.5 Å². The SMILES string of the molecule is CCCCCCN(CCNC(=O)OC(C)(C)C)[C@@H](CC(F)(F)F)C(=O)O. The molecule has 0 saturated carbocycles. The summed E-state index contributed by atoms with van der Waals surface area (Å²) in [6.07, 6.45) is -3.39. The molecule has 0 aliphatic heterocycles. The number of rotatable bonds is 11. The number of alkyl carbamates (subject to hydrolysis) is 1. The van der Waals surface area contributed by atoms with Gasteiger partial charge in [0.1, 0.15) is 11.6 Å². The van der Waals surface area contributed by atoms with Crippen LogP contribution in [0.5, 0.6) is 0 Å². The van der Waals surface area contributed by atoms with Crippen LogP contribution in [-0.2, 0) is 9.53 Å². The Balaban J connectivity index is 4.80. The van der Waals surface area contributed by atoms with E-state index in [2.05, 4.69) is 5.32 Å². The zero-order chi connectivity index (χ0) is 20.4. The average molecular weight is 384 g/mol. The highest BCUT2D eigenvalue weighted by Crippen LogP contribution is 2.24. The predicted molar refractivity (Wildman–Crippen MR) is 92.0 cm³/mol. The molecule has 0 unspecified atom stereocenters. The van der Waals surface area contributed by atoms with Crippen molar-refractivity contribution in [2.45, 2.75) is 77.6 Å². The summed E-state index contributed by atoms with van der Waals surface area (Å²) in [5, 5.41) is 11.7. The molecule has 0 heterocycles. The van der Waals surface area contributed by atoms with Gasteiger partial charge in [-0.15, -0.1) is 0 Å². The number of hydrogen-bond donors (Lipinski definition) is 2. The molecule has 0 aliphatic carbocycles. The Labute approximate surface area is 153 Å². The van der Waals surface area contributed by atoms with Gasteiger partial charge >= 0.3 is 18.2 Å². The molecule has 0 radical (unpaired) electrons. The summed E-state index contributed by atoms with van der Waals surface area (Å²) in [6.45, 7) is 7.31. The van der Waals surface area contributed by atoms with Gasteiger partial charge in [0, 0.05) is 13.1 Å². The van der Waals surface area contributed by atoms with Gasteiger partial charge in [0.2, 0.25) is 0 Å². The molecule has 26 heavy (non-hydrogen) atoms. The predicted octanol–water partition coefficient (Wildman–Crippen LogP) is 3.80. The molecule has 1 atom stereocenters. The van der Waals surface area contributed by atoms with E-state index in [4.69, 9.17) is 4.74 Å². The standard InChI is InChI=1S/C17H31F3N2O4/c1-5-6-7-8-10-22(13(14(23)24)12-17(18,19)20)11-9-21-15(25)26-16(2,3)4/h13H,5-12H2,1-4H3,(H,21,25)(H,23,24)/t13-/m0/s1. The van der Waals surface area contributed by atoms with Crippen LogP contribution in [0.15, 0.2) is 0 Å². The third-order valence-corrected chi connectivity index (χ3v) is 3.52. The molecule has 2 N–H and O–H groups in total. The Morgan fingerprint density at radius 1 is 1.12 bits per heavy atom. The first-order chi connectivity index (χ1) is 11.9. The van der Waals surface area contributed by atoms with Gasteiger partial charge in [-0.25, -0.2) is 4.79 Å². The average Bonchev–Trinajstić information content (AvgIpc) is 2.44. The summed E-state index contributed by atoms with van der Waals surface area (Å²) in [5.41, 5.74) is -0.691. The summed E-state index contributed by atoms with van der Waals surface area (Å²) in [7, 11) is 0. The minimum atomic E-state index is -4.58. The van der Waals surface area contributed by atoms with Crippen LogP contribution in [0.25, 0.3) is 0 Å². The maximum absolute atomic E-state index is 12.7. The van der Waals surface area contributed by atoms with Crippen LogP contribution in [0.1, 0.15) is 59.8 Å². The van der Waals surface area contributed by atoms with Crippen molar-refractivity contribution in [1.82, 2.24) is 10.2 Å². The lowest BCUT2D eigenvalue weighted by Gasteiger charge is -2.29. The van der Waals surface area contributed by atoms with Crippen molar-refractivity contribution in [3.63, 3.8) is 0 Å². The zero-order valence-electron chi connectivity index (χ0n) is 16.0. The van der Waals surface area contributed by atoms with E-state index in [9.17, 15) is 27.9 Å². The highest BCUT2D eigenvalue weighted by Gasteiger charge is 2.38. The van der Waals surface area contributed by atoms with Gasteiger partial charge in [-0.2, -0.15) is 13.2 Å². The summed E-state index contributed by atoms with van der Waals surface area (Å²) in [6, 6.07) is -1.67. The number of ether oxygens (including phenoxy) is 1. The van der Waals surface area contributed by atoms with Crippen LogP contribution in [0.4, 0.5) is 18.0 Å². The van der Waals surface area contributed by atoms with Gasteiger partial charge in [-0.1, -0.05) is 26.2 Å². The smallest absolute Gasteiger partial charge is 0.407 e. The molecule has 0 aromatic rings. The van der Waals surface area contributed by atoms with Gasteiger partial charge in [0.05, 0.1) is 6.42 Å². The number of aliphatic carboxylic acids is 1. The number of nitrogens with one attached hydrogen (secondary N) is 1. The molecule has 0 fully saturated rings. The Kier molecular flexibility index (Phi) is 10.6. The third kappa shape index (κ3) is 12.8. The summed E-state index contributed by atoms with van der Waals surface area (Å²) < 4.78 is 43.2. The monoisotopic (exact) mass is 384 g/mol. The number of carbonyl (C=O) groups excluding carboxylic acids is 1. The van der Waals surface area contributed by atoms with E-state index in [1.807, 2.05) is 6.92 Å². The number of carboxylic acid groups (broad SMARTS) is 1. The summed E-state index contributed by atoms with van der Waals surface area (Å²) in [4.78, 5) is 24.2. The van der Waals surface area contributed by atoms with Gasteiger partial charge in [0.15, 0.2) is 0 Å². The normalized spacial score (nSPS) is 13.5. The number of nitrogens with zero attached hydrogens (tertiary/aromatic N) is 1. The summed E-state index contributed by atoms with van der Waals surface area (Å²) >= 11 is 0. The quantitative estimate of drug-likeness (QED) is 0.530. The molecule has 0 aromatic heterocycles. The second-order valence-corrected chi connectivity index (χ2v) is 7.20. The minimum Gasteiger partial charge on any atom is -0.480 e. The first-order valence-corrected chi connectivity index (χ1v) is 8.86. The number of halogens is 3. The molecule has 0 rings (SSSR count). The number of alkyl halides is 3. The van der Waals surface area contributed by atoms with Crippen molar-refractivity contribution in [3.05, 3.63) is 0 Å². The van der Waals surface area contributed by atoms with E-state index in [1.54, 1.807) is 20.8 Å². The molecule has 1 amide bonds. The van der Waals surface area contributed by atoms with Gasteiger partial charge in [-0.05, 0) is 33.7 Å². The maximum atomic E-state index is 12.7. The fourth-order valence-electron chi connectivity index (χ4n) is 2.37. The van der Waals surface area contributed by atoms with E-state index >= 15 is 0 Å². The Morgan fingerprint density at radius 2 is 1.73 bits per heavy atom. The van der Waals surface area contributed by atoms with E-state index in [0.29, 0.717) is 6.42 Å². The van der Waals surface area contributed by atoms with Crippen LogP contribution >= 0.6 is 0 Å². The topological polar surface area (TPSA) is 78.9 Å². The van der Waals surface area contributed by atoms with Crippen LogP contribution < -0.4 is 5.32 Å². The second kappa shape index (κ2) is 11.3. The Morgan fingerprint density at radius 3 is 2.19 bits per heavy atom. The first-order valence-electron chi connectivity index (χ1n) is 8.86. The summed E-state index contributed by atoms with van der Waals surface area (Å²) in [5.74, 6) is -1.52. The van der Waals surface area contributed by atoms with Crippen molar-refractivity contribution in [2.24, 2.45) is 0 Å². The molecular weight excluding hydrogens is 353 g/mol. The number of unbranched alkanes of at least 4 members (excludes halogenated alkanes) is 3. The molecule has 9 heteroatoms. The van der Waals surface area contributed by atoms with Crippen LogP contribution in [0.3, 0.4) is 0 Å². The third-order valence-electron chi connectivity index (χ3n) is 3.52. The van der Waals surface area contributed by atoms with Crippen LogP contribution in [0, 0.1) is 0 Å². The van der Waals surface area contributed by atoms with Crippen molar-refractivity contribution >= 4 is 12.1 Å². The largest absolute Gasteiger partial charge is 0.480 e. The highest BCUT2D eigenvalue weighted by atomic mass is 19.4. The van der Waals surface area contributed by atoms with Gasteiger partial charge < -0.3 is 15.2 Å². The molecule has 0 saturated heterocycles. The number of carboxylic acids is 1. The second-order valence-electron chi connectivity index (χ2n) is 7.20. The van der Waals surface area contributed by atoms with Crippen molar-refractivity contribution in [1.29, 1.82) is 0 Å². The first kappa shape index (κ1) is 24.5. The van der Waals surface area contributed by atoms with Crippen molar-refractivity contribution < 1.29 is 32.6 Å². The molecule has 0 spiro atoms. The van der Waals surface area contributed by atoms with E-state index in [0.717, 1.165) is 19.3 Å². The molecule has 154 valence electrons. The Hall–Kier alpha value is -1.51. The molecule has 0 aromatic carbocycles. The molecular formula is C17H31F3N2O4. The highest BCUT2D eigenvalue weighted by molar-refractivity contribution is 5.73. The number of carbonyl (C=O) groups is 2. The fourth-order valence-corrected chi connectivity index (χ4v) is 2.37. The van der Waals surface area contributed by atoms with Gasteiger partial charge in [-0.3, -0.25) is 9.69 Å². The van der Waals surface area contributed by atoms with Crippen molar-refractivity contribution in [3.8, 4) is 0 Å². The van der Waals surface area contributed by atoms with E-state index in [1.165, 1.54) is 4.90 Å².